The molecule has 0 spiro atoms. The maximum atomic E-state index is 11.2. The molecule has 0 aromatic carbocycles. The van der Waals surface area contributed by atoms with Gasteiger partial charge in [-0.15, -0.1) is 0 Å². The largest absolute Gasteiger partial charge is 0.515 e. The number of hydrogen-bond acceptors (Lipinski definition) is 3. The van der Waals surface area contributed by atoms with E-state index < -0.39 is 5.97 Å². The van der Waals surface area contributed by atoms with Gasteiger partial charge in [-0.05, 0) is 19.8 Å². The molecular formula is C11H20O3. The molecule has 0 unspecified atom stereocenters. The van der Waals surface area contributed by atoms with Crippen molar-refractivity contribution in [2.45, 2.75) is 46.0 Å². The van der Waals surface area contributed by atoms with Gasteiger partial charge in [0.05, 0.1) is 18.4 Å². The van der Waals surface area contributed by atoms with E-state index in [9.17, 15) is 4.79 Å². The monoisotopic (exact) mass is 200 g/mol. The average molecular weight is 200 g/mol. The second-order valence-corrected chi connectivity index (χ2v) is 3.19. The van der Waals surface area contributed by atoms with Gasteiger partial charge in [-0.1, -0.05) is 26.2 Å². The maximum Gasteiger partial charge on any atom is 0.337 e. The summed E-state index contributed by atoms with van der Waals surface area (Å²) in [6.07, 6.45) is 5.82. The Hall–Kier alpha value is -0.990. The summed E-state index contributed by atoms with van der Waals surface area (Å²) in [5.74, 6) is -0.397. The van der Waals surface area contributed by atoms with Crippen molar-refractivity contribution < 1.29 is 14.6 Å². The first-order chi connectivity index (χ1) is 6.76. The summed E-state index contributed by atoms with van der Waals surface area (Å²) < 4.78 is 4.78. The van der Waals surface area contributed by atoms with Crippen LogP contribution in [0.4, 0.5) is 0 Å². The van der Waals surface area contributed by atoms with Crippen LogP contribution in [0.3, 0.4) is 0 Å². The lowest BCUT2D eigenvalue weighted by atomic mass is 10.1. The normalized spacial score (nSPS) is 11.4. The Morgan fingerprint density at radius 1 is 1.29 bits per heavy atom. The molecule has 0 saturated heterocycles. The Labute approximate surface area is 85.8 Å². The van der Waals surface area contributed by atoms with Crippen LogP contribution in [0, 0.1) is 0 Å². The van der Waals surface area contributed by atoms with Crippen molar-refractivity contribution in [3.8, 4) is 0 Å². The fraction of sp³-hybridized carbons (Fsp3) is 0.727. The number of aliphatic hydroxyl groups is 1. The van der Waals surface area contributed by atoms with E-state index in [2.05, 4.69) is 6.92 Å². The van der Waals surface area contributed by atoms with Crippen LogP contribution in [-0.4, -0.2) is 17.7 Å². The molecule has 0 saturated carbocycles. The van der Waals surface area contributed by atoms with E-state index in [1.807, 2.05) is 0 Å². The summed E-state index contributed by atoms with van der Waals surface area (Å²) in [5.41, 5.74) is 0.378. The van der Waals surface area contributed by atoms with E-state index >= 15 is 0 Å². The van der Waals surface area contributed by atoms with Crippen LogP contribution in [0.2, 0.25) is 0 Å². The first-order valence-electron chi connectivity index (χ1n) is 5.26. The minimum absolute atomic E-state index is 0.352. The molecule has 14 heavy (non-hydrogen) atoms. The van der Waals surface area contributed by atoms with Crippen LogP contribution in [-0.2, 0) is 9.53 Å². The van der Waals surface area contributed by atoms with Gasteiger partial charge in [0.2, 0.25) is 0 Å². The van der Waals surface area contributed by atoms with Crippen molar-refractivity contribution in [3.63, 3.8) is 0 Å². The number of carbonyl (C=O) groups is 1. The van der Waals surface area contributed by atoms with Crippen molar-refractivity contribution in [2.75, 3.05) is 6.61 Å². The third-order valence-corrected chi connectivity index (χ3v) is 1.99. The molecule has 3 nitrogen and oxygen atoms in total. The van der Waals surface area contributed by atoms with Crippen LogP contribution in [0.15, 0.2) is 11.8 Å². The number of carbonyl (C=O) groups excluding carboxylic acids is 1. The predicted octanol–water partition coefficient (Wildman–Crippen LogP) is 2.96. The van der Waals surface area contributed by atoms with Gasteiger partial charge in [-0.25, -0.2) is 4.79 Å². The number of hydrogen-bond donors (Lipinski definition) is 1. The lowest BCUT2D eigenvalue weighted by molar-refractivity contribution is -0.138. The lowest BCUT2D eigenvalue weighted by Gasteiger charge is -2.04. The number of aliphatic hydroxyl groups excluding tert-OH is 1. The van der Waals surface area contributed by atoms with E-state index in [1.54, 1.807) is 6.92 Å². The number of esters is 1. The minimum atomic E-state index is -0.397. The number of ether oxygens (including phenoxy) is 1. The molecule has 1 N–H and O–H groups in total. The molecule has 0 bridgehead atoms. The topological polar surface area (TPSA) is 46.5 Å². The molecule has 0 amide bonds. The quantitative estimate of drug-likeness (QED) is 0.297. The number of unbranched alkanes of at least 4 members (excludes halogenated alkanes) is 3. The first-order valence-corrected chi connectivity index (χ1v) is 5.26. The highest BCUT2D eigenvalue weighted by Crippen LogP contribution is 2.11. The van der Waals surface area contributed by atoms with Crippen molar-refractivity contribution in [3.05, 3.63) is 11.8 Å². The van der Waals surface area contributed by atoms with Gasteiger partial charge in [0.25, 0.3) is 0 Å². The summed E-state index contributed by atoms with van der Waals surface area (Å²) in [6, 6.07) is 0. The maximum absolute atomic E-state index is 11.2. The van der Waals surface area contributed by atoms with Gasteiger partial charge in [-0.3, -0.25) is 0 Å². The van der Waals surface area contributed by atoms with Crippen molar-refractivity contribution >= 4 is 5.97 Å². The van der Waals surface area contributed by atoms with Crippen LogP contribution >= 0.6 is 0 Å². The summed E-state index contributed by atoms with van der Waals surface area (Å²) in [4.78, 5) is 11.2. The molecule has 0 aromatic rings. The first kappa shape index (κ1) is 13.0. The summed E-state index contributed by atoms with van der Waals surface area (Å²) in [5, 5.41) is 8.82. The molecule has 0 radical (unpaired) electrons. The molecular weight excluding hydrogens is 180 g/mol. The van der Waals surface area contributed by atoms with Crippen LogP contribution in [0.5, 0.6) is 0 Å². The van der Waals surface area contributed by atoms with Gasteiger partial charge in [-0.2, -0.15) is 0 Å². The van der Waals surface area contributed by atoms with E-state index in [0.29, 0.717) is 18.6 Å². The van der Waals surface area contributed by atoms with Crippen molar-refractivity contribution in [1.82, 2.24) is 0 Å². The molecule has 0 atom stereocenters. The molecule has 0 aliphatic rings. The Morgan fingerprint density at radius 2 is 2.00 bits per heavy atom. The van der Waals surface area contributed by atoms with E-state index in [4.69, 9.17) is 9.84 Å². The molecule has 0 aliphatic carbocycles. The Balaban J connectivity index is 3.75. The van der Waals surface area contributed by atoms with E-state index in [0.717, 1.165) is 25.5 Å². The van der Waals surface area contributed by atoms with Crippen molar-refractivity contribution in [2.24, 2.45) is 0 Å². The molecule has 0 heterocycles. The van der Waals surface area contributed by atoms with Crippen LogP contribution in [0.25, 0.3) is 0 Å². The summed E-state index contributed by atoms with van der Waals surface area (Å²) >= 11 is 0. The fourth-order valence-corrected chi connectivity index (χ4v) is 1.19. The summed E-state index contributed by atoms with van der Waals surface area (Å²) in [7, 11) is 0. The van der Waals surface area contributed by atoms with E-state index in [-0.39, 0.29) is 0 Å². The van der Waals surface area contributed by atoms with Crippen LogP contribution in [0.1, 0.15) is 46.0 Å². The third kappa shape index (κ3) is 5.62. The molecule has 82 valence electrons. The number of rotatable bonds is 7. The zero-order valence-corrected chi connectivity index (χ0v) is 9.08. The molecule has 0 rings (SSSR count). The van der Waals surface area contributed by atoms with Gasteiger partial charge >= 0.3 is 5.97 Å². The summed E-state index contributed by atoms with van der Waals surface area (Å²) in [6.45, 7) is 4.24. The fourth-order valence-electron chi connectivity index (χ4n) is 1.19. The van der Waals surface area contributed by atoms with Gasteiger partial charge in [0, 0.05) is 0 Å². The Kier molecular flexibility index (Phi) is 7.99. The average Bonchev–Trinajstić information content (AvgIpc) is 2.18. The van der Waals surface area contributed by atoms with Gasteiger partial charge < -0.3 is 9.84 Å². The van der Waals surface area contributed by atoms with Gasteiger partial charge in [0.15, 0.2) is 0 Å². The van der Waals surface area contributed by atoms with Gasteiger partial charge in [0.1, 0.15) is 0 Å². The van der Waals surface area contributed by atoms with Crippen LogP contribution < -0.4 is 0 Å². The lowest BCUT2D eigenvalue weighted by Crippen LogP contribution is -2.07. The highest BCUT2D eigenvalue weighted by Gasteiger charge is 2.09. The minimum Gasteiger partial charge on any atom is -0.515 e. The SMILES string of the molecule is CCCCCC/C(=C/O)C(=O)OCC. The standard InChI is InChI=1S/C11H20O3/c1-3-5-6-7-8-10(9-12)11(13)14-4-2/h9,12H,3-8H2,1-2H3/b10-9-. The third-order valence-electron chi connectivity index (χ3n) is 1.99. The molecule has 0 aromatic heterocycles. The second kappa shape index (κ2) is 8.60. The Morgan fingerprint density at radius 3 is 2.50 bits per heavy atom. The molecule has 0 aliphatic heterocycles. The second-order valence-electron chi connectivity index (χ2n) is 3.19. The van der Waals surface area contributed by atoms with E-state index in [1.165, 1.54) is 6.42 Å². The molecule has 0 fully saturated rings. The Bertz CT molecular complexity index is 185. The van der Waals surface area contributed by atoms with Crippen molar-refractivity contribution in [1.29, 1.82) is 0 Å². The zero-order chi connectivity index (χ0) is 10.8. The zero-order valence-electron chi connectivity index (χ0n) is 9.08. The highest BCUT2D eigenvalue weighted by molar-refractivity contribution is 5.87. The smallest absolute Gasteiger partial charge is 0.337 e. The highest BCUT2D eigenvalue weighted by atomic mass is 16.5. The predicted molar refractivity (Wildman–Crippen MR) is 56.1 cm³/mol. The molecule has 3 heteroatoms.